The van der Waals surface area contributed by atoms with Crippen LogP contribution in [0.2, 0.25) is 0 Å². The van der Waals surface area contributed by atoms with E-state index in [0.29, 0.717) is 167 Å². The van der Waals surface area contributed by atoms with Gasteiger partial charge >= 0.3 is 60.5 Å². The minimum Gasteiger partial charge on any atom is -1.00 e. The molecule has 3 saturated heterocycles. The van der Waals surface area contributed by atoms with E-state index in [2.05, 4.69) is 111 Å². The molecule has 6 radical (unpaired) electrons. The topological polar surface area (TPSA) is 225 Å². The Morgan fingerprint density at radius 1 is 0.364 bits per heavy atom. The number of carbonyl (C=O) groups excluding carboxylic acids is 4. The Hall–Kier alpha value is 0.370. The number of Topliss-reactive ketones (excluding diaryl/α,β-unsaturated/α-hetero) is 3. The molecule has 19 heteroatoms. The molecule has 674 valence electrons. The fourth-order valence-electron chi connectivity index (χ4n) is 37.3. The molecule has 19 fully saturated rings. The van der Waals surface area contributed by atoms with Crippen molar-refractivity contribution in [2.45, 2.75) is 366 Å². The van der Waals surface area contributed by atoms with Crippen molar-refractivity contribution in [3.8, 4) is 0 Å². The molecule has 3 aliphatic heterocycles. The number of carbonyl (C=O) groups is 4. The van der Waals surface area contributed by atoms with Gasteiger partial charge in [-0.25, -0.2) is 0 Å². The molecule has 0 bridgehead atoms. The minimum absolute atomic E-state index is 0. The van der Waals surface area contributed by atoms with Gasteiger partial charge in [-0.2, -0.15) is 0 Å². The number of aliphatic hydroxyl groups is 5. The Morgan fingerprint density at radius 2 is 0.645 bits per heavy atom. The summed E-state index contributed by atoms with van der Waals surface area (Å²) in [6.45, 7) is 42.1. The second-order valence-electron chi connectivity index (χ2n) is 46.8. The van der Waals surface area contributed by atoms with E-state index in [-0.39, 0.29) is 208 Å². The van der Waals surface area contributed by atoms with E-state index < -0.39 is 0 Å². The SMILES string of the molecule is CC[C@@H]1C2C[C@H](O)CC[C@]2(C)C2CC[C@@]3(C)C(CC[C@@H]3[C@H](C)C3OCCO3)C2[C@@H]1O.CC[C@@H]1C2C[C@H](O)CC[C@]2(C)C2CC[C@@]3(C)C(CC[C@@H]3[C@H](C)C=O)C2[C@@H]1O.CC[C@H]1C(=O)C2C(CC[C@@]3(C)C2CC[C@@H]3[C@H](C)C2OCCO2)[C@@]2(C)CCC(=O)CC12.CC[C@H]1C(=O)C2C(CC[C@@]3(C)C2CC[C@@H]3[C@H](C)C2OCCO2)[C@@]2(C)CC[C@@H](O)CC12.[B].[B].[H+].[H-].[H-].[Na+].[Na+]. The minimum atomic E-state index is -0.238. The van der Waals surface area contributed by atoms with E-state index in [9.17, 15) is 44.7 Å². The monoisotopic (exact) mass is 1700 g/mol. The van der Waals surface area contributed by atoms with Gasteiger partial charge in [0.1, 0.15) is 23.6 Å². The van der Waals surface area contributed by atoms with Gasteiger partial charge in [0.05, 0.1) is 70.2 Å². The van der Waals surface area contributed by atoms with Gasteiger partial charge in [0.15, 0.2) is 18.9 Å². The fourth-order valence-corrected chi connectivity index (χ4v) is 37.3. The Bertz CT molecular complexity index is 3520. The molecule has 19 rings (SSSR count). The third-order valence-electron chi connectivity index (χ3n) is 43.2. The number of ether oxygens (including phenoxy) is 6. The first-order valence-corrected chi connectivity index (χ1v) is 49.8. The number of aldehydes is 1. The number of hydrogen-bond acceptors (Lipinski definition) is 15. The second-order valence-corrected chi connectivity index (χ2v) is 46.8. The van der Waals surface area contributed by atoms with E-state index in [1.54, 1.807) is 0 Å². The number of fused-ring (bicyclic) bond motifs is 20. The maximum atomic E-state index is 14.0. The normalized spacial score (nSPS) is 51.6. The van der Waals surface area contributed by atoms with Crippen LogP contribution in [-0.4, -0.2) is 155 Å². The molecule has 16 aliphatic carbocycles. The molecule has 15 nitrogen and oxygen atoms in total. The Balaban J connectivity index is 0.000000184. The summed E-state index contributed by atoms with van der Waals surface area (Å²) in [6.07, 6.45) is 34.2. The summed E-state index contributed by atoms with van der Waals surface area (Å²) in [5.41, 5.74) is 1.85. The van der Waals surface area contributed by atoms with Gasteiger partial charge in [-0.3, -0.25) is 14.4 Å². The maximum absolute atomic E-state index is 14.0. The van der Waals surface area contributed by atoms with E-state index in [1.807, 2.05) is 0 Å². The zero-order chi connectivity index (χ0) is 83.3. The molecule has 0 spiro atoms. The van der Waals surface area contributed by atoms with Crippen molar-refractivity contribution in [2.24, 2.45) is 209 Å². The molecular weight excluding hydrogens is 1530 g/mol. The van der Waals surface area contributed by atoms with Crippen LogP contribution in [0.25, 0.3) is 0 Å². The summed E-state index contributed by atoms with van der Waals surface area (Å²) in [6, 6.07) is 0. The van der Waals surface area contributed by atoms with Crippen LogP contribution < -0.4 is 59.1 Å². The molecule has 16 unspecified atom stereocenters. The van der Waals surface area contributed by atoms with Gasteiger partial charge in [-0.15, -0.1) is 0 Å². The number of hydrogen-bond donors (Lipinski definition) is 5. The first-order valence-electron chi connectivity index (χ1n) is 49.8. The van der Waals surface area contributed by atoms with Crippen molar-refractivity contribution in [1.82, 2.24) is 0 Å². The summed E-state index contributed by atoms with van der Waals surface area (Å²) in [5.74, 6) is 13.1. The smallest absolute Gasteiger partial charge is 1.00 e. The van der Waals surface area contributed by atoms with Gasteiger partial charge in [-0.1, -0.05) is 124 Å². The van der Waals surface area contributed by atoms with Crippen molar-refractivity contribution in [3.63, 3.8) is 0 Å². The van der Waals surface area contributed by atoms with Crippen LogP contribution in [0.4, 0.5) is 0 Å². The van der Waals surface area contributed by atoms with Crippen LogP contribution >= 0.6 is 0 Å². The van der Waals surface area contributed by atoms with Crippen molar-refractivity contribution >= 4 is 40.5 Å². The molecular formula is C102H169B2Na2O15+. The molecule has 5 N–H and O–H groups in total. The second kappa shape index (κ2) is 38.8. The van der Waals surface area contributed by atoms with Crippen LogP contribution in [-0.2, 0) is 47.6 Å². The van der Waals surface area contributed by atoms with Crippen molar-refractivity contribution in [2.75, 3.05) is 39.6 Å². The molecule has 41 atom stereocenters. The van der Waals surface area contributed by atoms with Crippen molar-refractivity contribution < 1.29 is 137 Å². The standard InChI is InChI=1S/C26H44O4.C26H42O4.C26H40O4.C24H40O3.2B.2Na.2H/c3*1-5-17-21-14-16(27)8-10-26(21,4)20-9-11-25(3)18(15(2)24-29-12-13-30-24)6-7-19(25)22(20)23(17)28;1-5-16-20-12-15(26)8-10-24(20,4)19-9-11-23(3)17(14(2)13-25)6-7-18(23)21(19)22(16)27;;;;;;/h15-24,27-28H,5-14H2,1-4H3;15-22,24,27H,5-14H2,1-4H3;15,17-22,24H,5-14H2,1-4H3;13-22,26-27H,5-12H2,1-4H3;;;;;;/q;;;;;;2*+1;2*-1/p+1/t15-,16+,17+,18+,19?,20?,21?,22?,23+,25+,26+;15-,16+,17+,18+,19?,20?,21?,22?,25+,26+;15-,17+,18+,19?,20?,21?,22?,25+,26+;14-,15-,16-,17-,18?,19?,20?,21?,22-,23-,24-;;;;;;/m0001....../s1. The van der Waals surface area contributed by atoms with E-state index >= 15 is 0 Å². The summed E-state index contributed by atoms with van der Waals surface area (Å²) in [5, 5.41) is 54.6. The van der Waals surface area contributed by atoms with Crippen molar-refractivity contribution in [1.29, 1.82) is 0 Å². The number of ketones is 3. The quantitative estimate of drug-likeness (QED) is 0.0905. The van der Waals surface area contributed by atoms with E-state index in [1.165, 1.54) is 89.9 Å². The third kappa shape index (κ3) is 16.5. The predicted molar refractivity (Wildman–Crippen MR) is 469 cm³/mol. The Kier molecular flexibility index (Phi) is 32.1. The largest absolute Gasteiger partial charge is 1.00 e. The molecule has 0 amide bonds. The molecule has 0 aromatic carbocycles. The van der Waals surface area contributed by atoms with Gasteiger partial charge < -0.3 is 61.6 Å². The van der Waals surface area contributed by atoms with Crippen LogP contribution in [0.5, 0.6) is 0 Å². The molecule has 16 saturated carbocycles. The van der Waals surface area contributed by atoms with Gasteiger partial charge in [0.2, 0.25) is 0 Å². The zero-order valence-electron chi connectivity index (χ0n) is 82.2. The molecule has 121 heavy (non-hydrogen) atoms. The van der Waals surface area contributed by atoms with E-state index in [4.69, 9.17) is 28.4 Å². The summed E-state index contributed by atoms with van der Waals surface area (Å²) < 4.78 is 35.4. The first kappa shape index (κ1) is 100. The summed E-state index contributed by atoms with van der Waals surface area (Å²) in [4.78, 5) is 51.8. The maximum Gasteiger partial charge on any atom is 1.00 e. The van der Waals surface area contributed by atoms with Gasteiger partial charge in [-0.05, 0) is 341 Å². The van der Waals surface area contributed by atoms with E-state index in [0.717, 1.165) is 142 Å². The molecule has 3 heterocycles. The summed E-state index contributed by atoms with van der Waals surface area (Å²) >= 11 is 0. The van der Waals surface area contributed by atoms with Crippen LogP contribution in [0.3, 0.4) is 0 Å². The summed E-state index contributed by atoms with van der Waals surface area (Å²) in [7, 11) is 0. The fraction of sp³-hybridized carbons (Fsp3) is 0.961. The Morgan fingerprint density at radius 3 is 1.00 bits per heavy atom. The van der Waals surface area contributed by atoms with Crippen molar-refractivity contribution in [3.05, 3.63) is 0 Å². The van der Waals surface area contributed by atoms with Gasteiger partial charge in [0, 0.05) is 77.0 Å². The first-order chi connectivity index (χ1) is 55.7. The zero-order valence-corrected chi connectivity index (χ0v) is 83.2. The average Bonchev–Trinajstić information content (AvgIpc) is 1.41. The predicted octanol–water partition coefficient (Wildman–Crippen LogP) is 12.5. The number of rotatable bonds is 12. The van der Waals surface area contributed by atoms with Crippen LogP contribution in [0.1, 0.15) is 321 Å². The molecule has 0 aromatic rings. The van der Waals surface area contributed by atoms with Gasteiger partial charge in [0.25, 0.3) is 0 Å². The Labute approximate surface area is 785 Å². The average molecular weight is 1700 g/mol. The third-order valence-corrected chi connectivity index (χ3v) is 43.2. The van der Waals surface area contributed by atoms with Crippen LogP contribution in [0.15, 0.2) is 0 Å². The molecule has 19 aliphatic rings. The number of aliphatic hydroxyl groups excluding tert-OH is 5. The van der Waals surface area contributed by atoms with Crippen LogP contribution in [0, 0.1) is 209 Å². The molecule has 0 aromatic heterocycles.